The Hall–Kier alpha value is -4.15. The number of nitrogens with zero attached hydrogens (tertiary/aromatic N) is 1. The Labute approximate surface area is 166 Å². The summed E-state index contributed by atoms with van der Waals surface area (Å²) in [5.41, 5.74) is 7.44. The van der Waals surface area contributed by atoms with Crippen molar-refractivity contribution in [1.82, 2.24) is 4.98 Å². The Morgan fingerprint density at radius 1 is 1.24 bits per heavy atom. The number of nitrogens with one attached hydrogen (secondary N) is 3. The summed E-state index contributed by atoms with van der Waals surface area (Å²) in [5, 5.41) is 23.0. The van der Waals surface area contributed by atoms with Gasteiger partial charge in [-0.15, -0.1) is 0 Å². The zero-order chi connectivity index (χ0) is 21.6. The minimum absolute atomic E-state index is 0.307. The average molecular weight is 403 g/mol. The van der Waals surface area contributed by atoms with Crippen molar-refractivity contribution in [3.05, 3.63) is 54.4 Å². The molecule has 0 aliphatic heterocycles. The molecule has 0 aromatic carbocycles. The maximum atomic E-state index is 11.3. The molecule has 2 heterocycles. The Kier molecular flexibility index (Phi) is 9.69. The molecule has 0 unspecified atom stereocenters. The summed E-state index contributed by atoms with van der Waals surface area (Å²) in [5.74, 6) is -1.71. The van der Waals surface area contributed by atoms with E-state index in [1.165, 1.54) is 0 Å². The fourth-order valence-corrected chi connectivity index (χ4v) is 1.84. The van der Waals surface area contributed by atoms with Crippen molar-refractivity contribution in [2.75, 3.05) is 23.0 Å². The van der Waals surface area contributed by atoms with Crippen LogP contribution in [0.3, 0.4) is 0 Å². The molecule has 0 spiro atoms. The van der Waals surface area contributed by atoms with Gasteiger partial charge in [-0.25, -0.2) is 14.6 Å². The smallest absolute Gasteiger partial charge is 0.411 e. The lowest BCUT2D eigenvalue weighted by Gasteiger charge is -2.07. The fourth-order valence-electron chi connectivity index (χ4n) is 1.84. The van der Waals surface area contributed by atoms with Crippen LogP contribution in [0.1, 0.15) is 12.5 Å². The molecule has 154 valence electrons. The zero-order valence-corrected chi connectivity index (χ0v) is 15.5. The molecular weight excluding hydrogens is 382 g/mol. The monoisotopic (exact) mass is 403 g/mol. The van der Waals surface area contributed by atoms with Gasteiger partial charge in [0, 0.05) is 24.5 Å². The first-order valence-electron chi connectivity index (χ1n) is 8.32. The predicted molar refractivity (Wildman–Crippen MR) is 101 cm³/mol. The summed E-state index contributed by atoms with van der Waals surface area (Å²) in [6.45, 7) is 2.69. The van der Waals surface area contributed by atoms with E-state index in [-0.39, 0.29) is 0 Å². The molecule has 0 saturated heterocycles. The first-order valence-corrected chi connectivity index (χ1v) is 8.32. The van der Waals surface area contributed by atoms with E-state index in [1.54, 1.807) is 31.5 Å². The standard InChI is InChI=1S/C14H17N5O2.C4H4O4/c1-2-21-14(20)18-11-3-4-12(19-13(11)15)17-9-10-5-7-16-8-6-10;5-3(6)1-2-4(7)8/h3-8H,2,9H2,1H3,(H,18,20)(H3,15,17,19);1-2H,(H,5,6)(H,7,8)/b;2-1+. The van der Waals surface area contributed by atoms with Crippen LogP contribution >= 0.6 is 0 Å². The maximum absolute atomic E-state index is 11.3. The number of hydrogen-bond acceptors (Lipinski definition) is 8. The van der Waals surface area contributed by atoms with Gasteiger partial charge in [0.25, 0.3) is 0 Å². The molecule has 11 heteroatoms. The lowest BCUT2D eigenvalue weighted by atomic mass is 10.2. The Bertz CT molecular complexity index is 841. The molecule has 0 aliphatic carbocycles. The first kappa shape index (κ1) is 22.9. The van der Waals surface area contributed by atoms with Crippen LogP contribution in [0, 0.1) is 0 Å². The van der Waals surface area contributed by atoms with Crippen LogP contribution in [0.5, 0.6) is 0 Å². The summed E-state index contributed by atoms with van der Waals surface area (Å²) in [6.07, 6.45) is 3.88. The van der Waals surface area contributed by atoms with Crippen molar-refractivity contribution < 1.29 is 34.3 Å². The maximum Gasteiger partial charge on any atom is 0.411 e. The molecule has 11 nitrogen and oxygen atoms in total. The van der Waals surface area contributed by atoms with Crippen molar-refractivity contribution in [3.8, 4) is 0 Å². The molecular formula is C18H21N5O6. The summed E-state index contributed by atoms with van der Waals surface area (Å²) < 4.78 is 4.80. The Morgan fingerprint density at radius 3 is 2.45 bits per heavy atom. The van der Waals surface area contributed by atoms with Crippen molar-refractivity contribution in [1.29, 1.82) is 0 Å². The van der Waals surface area contributed by atoms with Crippen LogP contribution in [0.15, 0.2) is 48.8 Å². The number of nitrogens with two attached hydrogens (primary N) is 1. The van der Waals surface area contributed by atoms with E-state index in [4.69, 9.17) is 15.6 Å². The zero-order valence-electron chi connectivity index (χ0n) is 15.5. The molecule has 0 bridgehead atoms. The summed E-state index contributed by atoms with van der Waals surface area (Å²) in [4.78, 5) is 37.2. The second kappa shape index (κ2) is 12.3. The molecule has 6 N–H and O–H groups in total. The molecule has 0 radical (unpaired) electrons. The number of carbonyl (C=O) groups excluding carboxylic acids is 2. The third-order valence-electron chi connectivity index (χ3n) is 3.08. The number of anilines is 3. The second-order valence-corrected chi connectivity index (χ2v) is 5.24. The molecule has 0 aliphatic rings. The molecule has 1 amide bonds. The van der Waals surface area contributed by atoms with E-state index < -0.39 is 18.0 Å². The lowest BCUT2D eigenvalue weighted by Crippen LogP contribution is -2.21. The third kappa shape index (κ3) is 9.94. The largest absolute Gasteiger partial charge is 0.545 e. The van der Waals surface area contributed by atoms with Crippen LogP contribution in [-0.2, 0) is 20.9 Å². The first-order chi connectivity index (χ1) is 13.8. The van der Waals surface area contributed by atoms with Gasteiger partial charge < -0.3 is 30.8 Å². The number of aromatic nitrogens is 2. The predicted octanol–water partition coefficient (Wildman–Crippen LogP) is 0.0355. The van der Waals surface area contributed by atoms with Crippen LogP contribution in [0.4, 0.5) is 22.1 Å². The van der Waals surface area contributed by atoms with Gasteiger partial charge in [0.15, 0.2) is 0 Å². The summed E-state index contributed by atoms with van der Waals surface area (Å²) >= 11 is 0. The number of rotatable bonds is 7. The highest BCUT2D eigenvalue weighted by molar-refractivity contribution is 5.88. The summed E-state index contributed by atoms with van der Waals surface area (Å²) in [7, 11) is 0. The van der Waals surface area contributed by atoms with Gasteiger partial charge in [-0.05, 0) is 36.8 Å². The third-order valence-corrected chi connectivity index (χ3v) is 3.08. The topological polar surface area (TPSA) is 181 Å². The van der Waals surface area contributed by atoms with Crippen molar-refractivity contribution in [2.45, 2.75) is 13.5 Å². The molecule has 0 atom stereocenters. The molecule has 0 saturated carbocycles. The van der Waals surface area contributed by atoms with Gasteiger partial charge in [-0.1, -0.05) is 0 Å². The number of amides is 1. The molecule has 0 fully saturated rings. The number of hydrogen-bond donors (Lipinski definition) is 4. The molecule has 29 heavy (non-hydrogen) atoms. The number of carbonyl (C=O) groups is 3. The minimum Gasteiger partial charge on any atom is -0.545 e. The van der Waals surface area contributed by atoms with Crippen LogP contribution in [0.25, 0.3) is 0 Å². The number of nitrogen functional groups attached to an aromatic ring is 1. The van der Waals surface area contributed by atoms with Crippen molar-refractivity contribution in [2.24, 2.45) is 0 Å². The second-order valence-electron chi connectivity index (χ2n) is 5.24. The van der Waals surface area contributed by atoms with Crippen molar-refractivity contribution in [3.63, 3.8) is 0 Å². The number of pyridine rings is 2. The Morgan fingerprint density at radius 2 is 1.93 bits per heavy atom. The fraction of sp³-hybridized carbons (Fsp3) is 0.167. The minimum atomic E-state index is -1.51. The molecule has 2 rings (SSSR count). The normalized spacial score (nSPS) is 9.83. The van der Waals surface area contributed by atoms with Gasteiger partial charge in [-0.3, -0.25) is 10.3 Å². The number of ether oxygens (including phenoxy) is 1. The highest BCUT2D eigenvalue weighted by Gasteiger charge is 2.10. The van der Waals surface area contributed by atoms with Gasteiger partial charge in [-0.2, -0.15) is 0 Å². The highest BCUT2D eigenvalue weighted by atomic mass is 16.5. The lowest BCUT2D eigenvalue weighted by molar-refractivity contribution is -0.342. The Balaban J connectivity index is 0.000000447. The number of carboxylic acid groups (broad SMARTS) is 2. The number of carboxylic acids is 2. The van der Waals surface area contributed by atoms with E-state index in [1.807, 2.05) is 12.1 Å². The number of aliphatic carboxylic acids is 2. The number of aromatic amines is 1. The van der Waals surface area contributed by atoms with Crippen LogP contribution in [0.2, 0.25) is 0 Å². The SMILES string of the molecule is CCOC(=O)Nc1ccc(NCc2ccncc2)[nH+]c1N.O=C([O-])/C=C/C(=O)O. The average Bonchev–Trinajstić information content (AvgIpc) is 2.68. The van der Waals surface area contributed by atoms with E-state index in [2.05, 4.69) is 20.6 Å². The van der Waals surface area contributed by atoms with Gasteiger partial charge in [0.05, 0.1) is 19.1 Å². The van der Waals surface area contributed by atoms with Crippen LogP contribution < -0.4 is 26.5 Å². The highest BCUT2D eigenvalue weighted by Crippen LogP contribution is 2.15. The quantitative estimate of drug-likeness (QED) is 0.464. The van der Waals surface area contributed by atoms with E-state index in [9.17, 15) is 19.5 Å². The van der Waals surface area contributed by atoms with Gasteiger partial charge in [0.1, 0.15) is 5.69 Å². The van der Waals surface area contributed by atoms with Crippen LogP contribution in [-0.4, -0.2) is 34.7 Å². The molecule has 2 aromatic heterocycles. The summed E-state index contributed by atoms with van der Waals surface area (Å²) in [6, 6.07) is 7.34. The van der Waals surface area contributed by atoms with Gasteiger partial charge in [0.2, 0.25) is 11.6 Å². The van der Waals surface area contributed by atoms with Gasteiger partial charge >= 0.3 is 12.1 Å². The van der Waals surface area contributed by atoms with Crippen molar-refractivity contribution >= 4 is 35.4 Å². The molecule has 2 aromatic rings. The van der Waals surface area contributed by atoms with E-state index >= 15 is 0 Å². The van der Waals surface area contributed by atoms with E-state index in [0.29, 0.717) is 36.8 Å². The van der Waals surface area contributed by atoms with E-state index in [0.717, 1.165) is 11.4 Å². The number of H-pyrrole nitrogens is 1.